The van der Waals surface area contributed by atoms with E-state index in [0.29, 0.717) is 0 Å². The number of hydrogen-bond donors (Lipinski definition) is 1. The van der Waals surface area contributed by atoms with Crippen LogP contribution in [0.3, 0.4) is 0 Å². The third-order valence-electron chi connectivity index (χ3n) is 2.10. The molecule has 3 nitrogen and oxygen atoms in total. The zero-order valence-corrected chi connectivity index (χ0v) is 8.69. The summed E-state index contributed by atoms with van der Waals surface area (Å²) in [5.74, 6) is 0. The van der Waals surface area contributed by atoms with Gasteiger partial charge in [-0.2, -0.15) is 0 Å². The van der Waals surface area contributed by atoms with E-state index in [0.717, 1.165) is 23.7 Å². The van der Waals surface area contributed by atoms with E-state index in [1.807, 2.05) is 0 Å². The van der Waals surface area contributed by atoms with Crippen molar-refractivity contribution < 1.29 is 0 Å². The molecule has 0 aliphatic rings. The van der Waals surface area contributed by atoms with Gasteiger partial charge >= 0.3 is 0 Å². The molecular formula is C9H13N3S. The fourth-order valence-electron chi connectivity index (χ4n) is 1.40. The highest BCUT2D eigenvalue weighted by Gasteiger charge is 2.07. The largest absolute Gasteiger partial charge is 0.311 e. The lowest BCUT2D eigenvalue weighted by Gasteiger charge is -2.00. The summed E-state index contributed by atoms with van der Waals surface area (Å²) in [5, 5.41) is 5.38. The van der Waals surface area contributed by atoms with Gasteiger partial charge in [-0.1, -0.05) is 6.92 Å². The molecule has 0 aliphatic carbocycles. The highest BCUT2D eigenvalue weighted by Crippen LogP contribution is 2.16. The lowest BCUT2D eigenvalue weighted by Crippen LogP contribution is -2.13. The third-order valence-corrected chi connectivity index (χ3v) is 2.86. The van der Waals surface area contributed by atoms with E-state index in [4.69, 9.17) is 0 Å². The van der Waals surface area contributed by atoms with Gasteiger partial charge in [-0.05, 0) is 13.5 Å². The van der Waals surface area contributed by atoms with E-state index in [1.165, 1.54) is 5.69 Å². The molecule has 0 bridgehead atoms. The first-order valence-electron chi connectivity index (χ1n) is 4.44. The maximum atomic E-state index is 4.47. The van der Waals surface area contributed by atoms with Gasteiger partial charge in [0.15, 0.2) is 4.96 Å². The van der Waals surface area contributed by atoms with Crippen molar-refractivity contribution >= 4 is 16.3 Å². The molecule has 0 amide bonds. The predicted octanol–water partition coefficient (Wildman–Crippen LogP) is 1.81. The molecule has 0 atom stereocenters. The van der Waals surface area contributed by atoms with Crippen LogP contribution in [0.4, 0.5) is 0 Å². The Hall–Kier alpha value is -0.870. The summed E-state index contributed by atoms with van der Waals surface area (Å²) in [6.07, 6.45) is 2.08. The zero-order valence-electron chi connectivity index (χ0n) is 7.87. The van der Waals surface area contributed by atoms with Crippen LogP contribution in [0.1, 0.15) is 18.3 Å². The molecule has 13 heavy (non-hydrogen) atoms. The third kappa shape index (κ3) is 1.47. The molecular weight excluding hydrogens is 182 g/mol. The summed E-state index contributed by atoms with van der Waals surface area (Å²) in [5.41, 5.74) is 2.41. The van der Waals surface area contributed by atoms with Crippen LogP contribution in [0.2, 0.25) is 0 Å². The van der Waals surface area contributed by atoms with Crippen LogP contribution in [0.25, 0.3) is 4.96 Å². The smallest absolute Gasteiger partial charge is 0.194 e. The number of thiazole rings is 1. The molecule has 4 heteroatoms. The van der Waals surface area contributed by atoms with Gasteiger partial charge in [0, 0.05) is 18.1 Å². The van der Waals surface area contributed by atoms with Gasteiger partial charge < -0.3 is 5.32 Å². The maximum Gasteiger partial charge on any atom is 0.194 e. The van der Waals surface area contributed by atoms with Crippen LogP contribution >= 0.6 is 11.3 Å². The highest BCUT2D eigenvalue weighted by atomic mass is 32.1. The van der Waals surface area contributed by atoms with E-state index < -0.39 is 0 Å². The molecule has 0 spiro atoms. The summed E-state index contributed by atoms with van der Waals surface area (Å²) in [6, 6.07) is 0. The number of fused-ring (bicyclic) bond motifs is 1. The molecule has 2 heterocycles. The first-order chi connectivity index (χ1) is 6.33. The van der Waals surface area contributed by atoms with Gasteiger partial charge in [0.05, 0.1) is 11.4 Å². The number of hydrogen-bond acceptors (Lipinski definition) is 3. The number of aryl methyl sites for hydroxylation is 1. The summed E-state index contributed by atoms with van der Waals surface area (Å²) in [4.78, 5) is 5.56. The van der Waals surface area contributed by atoms with Gasteiger partial charge in [0.1, 0.15) is 0 Å². The van der Waals surface area contributed by atoms with Gasteiger partial charge in [-0.3, -0.25) is 4.40 Å². The summed E-state index contributed by atoms with van der Waals surface area (Å²) in [6.45, 7) is 6.07. The second kappa shape index (κ2) is 3.47. The Balaban J connectivity index is 2.39. The second-order valence-corrected chi connectivity index (χ2v) is 3.85. The Morgan fingerprint density at radius 3 is 3.23 bits per heavy atom. The monoisotopic (exact) mass is 195 g/mol. The predicted molar refractivity (Wildman–Crippen MR) is 55.2 cm³/mol. The number of aromatic nitrogens is 2. The quantitative estimate of drug-likeness (QED) is 0.809. The van der Waals surface area contributed by atoms with Gasteiger partial charge in [-0.25, -0.2) is 4.98 Å². The van der Waals surface area contributed by atoms with E-state index in [9.17, 15) is 0 Å². The molecule has 0 fully saturated rings. The standard InChI is InChI=1S/C9H13N3S/c1-3-10-6-8-7(2)11-9-12(8)4-5-13-9/h4-5,10H,3,6H2,1-2H3. The molecule has 2 rings (SSSR count). The van der Waals surface area contributed by atoms with Crippen LogP contribution in [-0.2, 0) is 6.54 Å². The Morgan fingerprint density at radius 1 is 1.62 bits per heavy atom. The van der Waals surface area contributed by atoms with Crippen molar-refractivity contribution in [3.8, 4) is 0 Å². The fourth-order valence-corrected chi connectivity index (χ4v) is 2.18. The molecule has 0 radical (unpaired) electrons. The maximum absolute atomic E-state index is 4.47. The van der Waals surface area contributed by atoms with Crippen molar-refractivity contribution in [3.05, 3.63) is 23.0 Å². The lowest BCUT2D eigenvalue weighted by atomic mass is 10.3. The molecule has 2 aromatic heterocycles. The lowest BCUT2D eigenvalue weighted by molar-refractivity contribution is 0.702. The average molecular weight is 195 g/mol. The van der Waals surface area contributed by atoms with Crippen LogP contribution in [0.5, 0.6) is 0 Å². The van der Waals surface area contributed by atoms with E-state index >= 15 is 0 Å². The SMILES string of the molecule is CCNCc1c(C)nc2sccn12. The Labute approximate surface area is 81.4 Å². The molecule has 70 valence electrons. The molecule has 0 aliphatic heterocycles. The van der Waals surface area contributed by atoms with E-state index in [2.05, 4.69) is 40.1 Å². The number of nitrogens with one attached hydrogen (secondary N) is 1. The minimum Gasteiger partial charge on any atom is -0.311 e. The summed E-state index contributed by atoms with van der Waals surface area (Å²) < 4.78 is 2.16. The van der Waals surface area contributed by atoms with Crippen molar-refractivity contribution in [2.45, 2.75) is 20.4 Å². The highest BCUT2D eigenvalue weighted by molar-refractivity contribution is 7.15. The van der Waals surface area contributed by atoms with Crippen molar-refractivity contribution in [1.82, 2.24) is 14.7 Å². The van der Waals surface area contributed by atoms with Crippen LogP contribution < -0.4 is 5.32 Å². The topological polar surface area (TPSA) is 29.3 Å². The minimum atomic E-state index is 0.903. The molecule has 0 saturated heterocycles. The van der Waals surface area contributed by atoms with Gasteiger partial charge in [0.2, 0.25) is 0 Å². The Bertz CT molecular complexity index is 402. The molecule has 2 aromatic rings. The Kier molecular flexibility index (Phi) is 2.33. The van der Waals surface area contributed by atoms with Crippen LogP contribution in [0, 0.1) is 6.92 Å². The summed E-state index contributed by atoms with van der Waals surface area (Å²) in [7, 11) is 0. The number of imidazole rings is 1. The number of rotatable bonds is 3. The van der Waals surface area contributed by atoms with Crippen LogP contribution in [0.15, 0.2) is 11.6 Å². The van der Waals surface area contributed by atoms with Crippen molar-refractivity contribution in [1.29, 1.82) is 0 Å². The molecule has 1 N–H and O–H groups in total. The van der Waals surface area contributed by atoms with Gasteiger partial charge in [-0.15, -0.1) is 11.3 Å². The van der Waals surface area contributed by atoms with Crippen molar-refractivity contribution in [2.75, 3.05) is 6.54 Å². The fraction of sp³-hybridized carbons (Fsp3) is 0.444. The van der Waals surface area contributed by atoms with Crippen LogP contribution in [-0.4, -0.2) is 15.9 Å². The zero-order chi connectivity index (χ0) is 9.26. The van der Waals surface area contributed by atoms with E-state index in [-0.39, 0.29) is 0 Å². The van der Waals surface area contributed by atoms with Crippen molar-refractivity contribution in [2.24, 2.45) is 0 Å². The van der Waals surface area contributed by atoms with E-state index in [1.54, 1.807) is 11.3 Å². The van der Waals surface area contributed by atoms with Crippen molar-refractivity contribution in [3.63, 3.8) is 0 Å². The van der Waals surface area contributed by atoms with Gasteiger partial charge in [0.25, 0.3) is 0 Å². The first kappa shape index (κ1) is 8.72. The minimum absolute atomic E-state index is 0.903. The Morgan fingerprint density at radius 2 is 2.46 bits per heavy atom. The molecule has 0 unspecified atom stereocenters. The normalized spacial score (nSPS) is 11.2. The number of nitrogens with zero attached hydrogens (tertiary/aromatic N) is 2. The first-order valence-corrected chi connectivity index (χ1v) is 5.32. The molecule has 0 aromatic carbocycles. The average Bonchev–Trinajstić information content (AvgIpc) is 2.62. The summed E-state index contributed by atoms with van der Waals surface area (Å²) >= 11 is 1.68. The molecule has 0 saturated carbocycles. The second-order valence-electron chi connectivity index (χ2n) is 2.98.